The predicted octanol–water partition coefficient (Wildman–Crippen LogP) is 1.70. The molecule has 108 valence electrons. The molecule has 0 radical (unpaired) electrons. The van der Waals surface area contributed by atoms with E-state index >= 15 is 0 Å². The molecule has 0 aliphatic carbocycles. The summed E-state index contributed by atoms with van der Waals surface area (Å²) in [7, 11) is 5.98. The van der Waals surface area contributed by atoms with Gasteiger partial charge in [0.05, 0.1) is 33.0 Å². The zero-order valence-corrected chi connectivity index (χ0v) is 12.3. The molecule has 6 heteroatoms. The van der Waals surface area contributed by atoms with Gasteiger partial charge >= 0.3 is 0 Å². The highest BCUT2D eigenvalue weighted by Gasteiger charge is 2.24. The highest BCUT2D eigenvalue weighted by Crippen LogP contribution is 2.40. The van der Waals surface area contributed by atoms with Crippen LogP contribution in [0.4, 0.5) is 0 Å². The molecule has 0 spiro atoms. The Balaban J connectivity index is 3.32. The van der Waals surface area contributed by atoms with Gasteiger partial charge in [-0.05, 0) is 19.1 Å². The van der Waals surface area contributed by atoms with Crippen molar-refractivity contribution in [1.82, 2.24) is 4.90 Å². The number of amides is 1. The average Bonchev–Trinajstić information content (AvgIpc) is 2.50. The first-order valence-electron chi connectivity index (χ1n) is 5.97. The van der Waals surface area contributed by atoms with Crippen LogP contribution in [0, 0.1) is 11.3 Å². The number of hydrogen-bond donors (Lipinski definition) is 0. The van der Waals surface area contributed by atoms with Crippen LogP contribution in [-0.4, -0.2) is 45.2 Å². The normalized spacial score (nSPS) is 11.2. The van der Waals surface area contributed by atoms with Gasteiger partial charge in [0.1, 0.15) is 6.04 Å². The summed E-state index contributed by atoms with van der Waals surface area (Å²) in [5, 5.41) is 8.89. The summed E-state index contributed by atoms with van der Waals surface area (Å²) in [6.45, 7) is 1.64. The molecule has 0 saturated carbocycles. The molecule has 0 bridgehead atoms. The topological polar surface area (TPSA) is 71.8 Å². The van der Waals surface area contributed by atoms with Crippen molar-refractivity contribution in [2.24, 2.45) is 0 Å². The Labute approximate surface area is 118 Å². The second-order valence-electron chi connectivity index (χ2n) is 4.10. The highest BCUT2D eigenvalue weighted by atomic mass is 16.5. The third kappa shape index (κ3) is 2.77. The number of nitriles is 1. The number of benzene rings is 1. The maximum absolute atomic E-state index is 12.4. The maximum Gasteiger partial charge on any atom is 0.258 e. The van der Waals surface area contributed by atoms with Crippen LogP contribution in [0.15, 0.2) is 12.1 Å². The van der Waals surface area contributed by atoms with Crippen molar-refractivity contribution in [3.63, 3.8) is 0 Å². The second kappa shape index (κ2) is 6.66. The molecule has 0 saturated heterocycles. The molecule has 0 aliphatic heterocycles. The van der Waals surface area contributed by atoms with Crippen molar-refractivity contribution in [1.29, 1.82) is 5.26 Å². The SMILES string of the molecule is COc1ccc(C(=O)N(C)C(C)C#N)c(OC)c1OC. The molecule has 1 rings (SSSR count). The number of carbonyl (C=O) groups is 1. The fourth-order valence-electron chi connectivity index (χ4n) is 1.72. The van der Waals surface area contributed by atoms with E-state index in [2.05, 4.69) is 0 Å². The number of rotatable bonds is 5. The Morgan fingerprint density at radius 2 is 1.80 bits per heavy atom. The van der Waals surface area contributed by atoms with E-state index in [0.29, 0.717) is 17.1 Å². The van der Waals surface area contributed by atoms with Crippen LogP contribution >= 0.6 is 0 Å². The smallest absolute Gasteiger partial charge is 0.258 e. The molecule has 0 aliphatic rings. The van der Waals surface area contributed by atoms with E-state index in [1.165, 1.54) is 26.2 Å². The molecule has 20 heavy (non-hydrogen) atoms. The van der Waals surface area contributed by atoms with Crippen molar-refractivity contribution >= 4 is 5.91 Å². The van der Waals surface area contributed by atoms with Crippen LogP contribution in [0.5, 0.6) is 17.2 Å². The van der Waals surface area contributed by atoms with Gasteiger partial charge in [0.25, 0.3) is 5.91 Å². The van der Waals surface area contributed by atoms with E-state index in [0.717, 1.165) is 0 Å². The molecular weight excluding hydrogens is 260 g/mol. The lowest BCUT2D eigenvalue weighted by Gasteiger charge is -2.22. The minimum absolute atomic E-state index is 0.286. The third-order valence-electron chi connectivity index (χ3n) is 3.02. The largest absolute Gasteiger partial charge is 0.493 e. The molecular formula is C14H18N2O4. The zero-order chi connectivity index (χ0) is 15.3. The second-order valence-corrected chi connectivity index (χ2v) is 4.10. The van der Waals surface area contributed by atoms with Crippen LogP contribution in [0.1, 0.15) is 17.3 Å². The van der Waals surface area contributed by atoms with Crippen molar-refractivity contribution in [2.45, 2.75) is 13.0 Å². The average molecular weight is 278 g/mol. The van der Waals surface area contributed by atoms with E-state index in [4.69, 9.17) is 19.5 Å². The molecule has 0 N–H and O–H groups in total. The highest BCUT2D eigenvalue weighted by molar-refractivity contribution is 5.98. The van der Waals surface area contributed by atoms with Gasteiger partial charge in [-0.3, -0.25) is 4.79 Å². The van der Waals surface area contributed by atoms with Gasteiger partial charge in [0.15, 0.2) is 11.5 Å². The van der Waals surface area contributed by atoms with Gasteiger partial charge in [0, 0.05) is 7.05 Å². The number of hydrogen-bond acceptors (Lipinski definition) is 5. The van der Waals surface area contributed by atoms with Gasteiger partial charge in [-0.25, -0.2) is 0 Å². The fraction of sp³-hybridized carbons (Fsp3) is 0.429. The lowest BCUT2D eigenvalue weighted by Crippen LogP contribution is -2.34. The molecule has 1 atom stereocenters. The van der Waals surface area contributed by atoms with Crippen molar-refractivity contribution in [3.05, 3.63) is 17.7 Å². The molecule has 1 aromatic rings. The standard InChI is InChI=1S/C14H18N2O4/c1-9(8-15)16(2)14(17)10-6-7-11(18-3)13(20-5)12(10)19-4/h6-7,9H,1-5H3. The van der Waals surface area contributed by atoms with Crippen LogP contribution in [0.3, 0.4) is 0 Å². The number of nitrogens with zero attached hydrogens (tertiary/aromatic N) is 2. The van der Waals surface area contributed by atoms with E-state index < -0.39 is 6.04 Å². The Bertz CT molecular complexity index is 537. The first-order valence-corrected chi connectivity index (χ1v) is 5.97. The predicted molar refractivity (Wildman–Crippen MR) is 73.3 cm³/mol. The molecule has 0 aromatic heterocycles. The minimum Gasteiger partial charge on any atom is -0.493 e. The van der Waals surface area contributed by atoms with Gasteiger partial charge in [-0.1, -0.05) is 0 Å². The number of ether oxygens (including phenoxy) is 3. The molecule has 1 amide bonds. The Morgan fingerprint density at radius 1 is 1.20 bits per heavy atom. The molecule has 1 unspecified atom stereocenters. The first kappa shape index (κ1) is 15.6. The van der Waals surface area contributed by atoms with E-state index in [1.807, 2.05) is 6.07 Å². The summed E-state index contributed by atoms with van der Waals surface area (Å²) in [6, 6.07) is 4.68. The fourth-order valence-corrected chi connectivity index (χ4v) is 1.72. The molecule has 0 fully saturated rings. The van der Waals surface area contributed by atoms with E-state index in [9.17, 15) is 4.79 Å². The van der Waals surface area contributed by atoms with Crippen molar-refractivity contribution in [2.75, 3.05) is 28.4 Å². The first-order chi connectivity index (χ1) is 9.51. The summed E-state index contributed by atoms with van der Waals surface area (Å²) in [5.41, 5.74) is 0.315. The summed E-state index contributed by atoms with van der Waals surface area (Å²) in [4.78, 5) is 13.7. The molecule has 1 aromatic carbocycles. The summed E-state index contributed by atoms with van der Waals surface area (Å²) in [5.74, 6) is 0.779. The quantitative estimate of drug-likeness (QED) is 0.819. The van der Waals surface area contributed by atoms with Crippen LogP contribution in [0.2, 0.25) is 0 Å². The Hall–Kier alpha value is -2.42. The Kier molecular flexibility index (Phi) is 5.21. The van der Waals surface area contributed by atoms with Gasteiger partial charge in [-0.15, -0.1) is 0 Å². The van der Waals surface area contributed by atoms with E-state index in [-0.39, 0.29) is 11.7 Å². The summed E-state index contributed by atoms with van der Waals surface area (Å²) >= 11 is 0. The van der Waals surface area contributed by atoms with Crippen molar-refractivity contribution < 1.29 is 19.0 Å². The van der Waals surface area contributed by atoms with Crippen LogP contribution < -0.4 is 14.2 Å². The number of methoxy groups -OCH3 is 3. The minimum atomic E-state index is -0.541. The Morgan fingerprint density at radius 3 is 2.25 bits per heavy atom. The van der Waals surface area contributed by atoms with Gasteiger partial charge in [0.2, 0.25) is 5.75 Å². The van der Waals surface area contributed by atoms with Gasteiger partial charge in [-0.2, -0.15) is 5.26 Å². The zero-order valence-electron chi connectivity index (χ0n) is 12.3. The van der Waals surface area contributed by atoms with Crippen LogP contribution in [0.25, 0.3) is 0 Å². The van der Waals surface area contributed by atoms with Crippen LogP contribution in [-0.2, 0) is 0 Å². The number of carbonyl (C=O) groups excluding carboxylic acids is 1. The summed E-state index contributed by atoms with van der Waals surface area (Å²) in [6.07, 6.45) is 0. The molecule has 6 nitrogen and oxygen atoms in total. The monoisotopic (exact) mass is 278 g/mol. The third-order valence-corrected chi connectivity index (χ3v) is 3.02. The van der Waals surface area contributed by atoms with Crippen molar-refractivity contribution in [3.8, 4) is 23.3 Å². The molecule has 0 heterocycles. The summed E-state index contributed by atoms with van der Waals surface area (Å²) < 4.78 is 15.6. The van der Waals surface area contributed by atoms with E-state index in [1.54, 1.807) is 26.1 Å². The van der Waals surface area contributed by atoms with Gasteiger partial charge < -0.3 is 19.1 Å². The lowest BCUT2D eigenvalue weighted by atomic mass is 10.1. The maximum atomic E-state index is 12.4. The lowest BCUT2D eigenvalue weighted by molar-refractivity contribution is 0.0769.